The van der Waals surface area contributed by atoms with Crippen LogP contribution >= 0.6 is 0 Å². The number of hydrogen-bond acceptors (Lipinski definition) is 2. The van der Waals surface area contributed by atoms with E-state index in [1.165, 1.54) is 21.9 Å². The summed E-state index contributed by atoms with van der Waals surface area (Å²) in [4.78, 5) is 14.4. The van der Waals surface area contributed by atoms with Crippen molar-refractivity contribution in [2.24, 2.45) is 0 Å². The van der Waals surface area contributed by atoms with Gasteiger partial charge in [0.05, 0.1) is 5.69 Å². The number of carbonyl (C=O) groups is 1. The number of benzene rings is 2. The maximum atomic E-state index is 12.6. The molecule has 2 aromatic carbocycles. The molecule has 0 saturated heterocycles. The molecule has 0 fully saturated rings. The Bertz CT molecular complexity index is 758. The molecule has 0 aliphatic carbocycles. The zero-order valence-corrected chi connectivity index (χ0v) is 14.6. The lowest BCUT2D eigenvalue weighted by molar-refractivity contribution is 0.0582. The fourth-order valence-corrected chi connectivity index (χ4v) is 3.45. The van der Waals surface area contributed by atoms with Crippen molar-refractivity contribution in [1.82, 2.24) is 0 Å². The molecule has 3 nitrogen and oxygen atoms in total. The number of ether oxygens (including phenoxy) is 1. The highest BCUT2D eigenvalue weighted by Gasteiger charge is 2.35. The summed E-state index contributed by atoms with van der Waals surface area (Å²) in [5.41, 5.74) is 3.03. The number of rotatable bonds is 1. The molecule has 3 heteroatoms. The fraction of sp³-hybridized carbons (Fsp3) is 0.450. The first kappa shape index (κ1) is 15.9. The van der Waals surface area contributed by atoms with Gasteiger partial charge in [-0.2, -0.15) is 0 Å². The molecule has 0 saturated carbocycles. The molecule has 1 heterocycles. The normalized spacial score (nSPS) is 17.4. The predicted molar refractivity (Wildman–Crippen MR) is 95.3 cm³/mol. The van der Waals surface area contributed by atoms with E-state index >= 15 is 0 Å². The molecular formula is C20H25NO2. The average Bonchev–Trinajstić information content (AvgIpc) is 2.84. The van der Waals surface area contributed by atoms with E-state index in [9.17, 15) is 4.79 Å². The van der Waals surface area contributed by atoms with Crippen molar-refractivity contribution in [2.45, 2.75) is 52.6 Å². The van der Waals surface area contributed by atoms with Crippen LogP contribution < -0.4 is 4.90 Å². The first-order valence-corrected chi connectivity index (χ1v) is 8.34. The Morgan fingerprint density at radius 1 is 1.26 bits per heavy atom. The van der Waals surface area contributed by atoms with Crippen molar-refractivity contribution in [3.8, 4) is 0 Å². The Hall–Kier alpha value is -2.03. The molecule has 23 heavy (non-hydrogen) atoms. The van der Waals surface area contributed by atoms with Gasteiger partial charge in [-0.15, -0.1) is 0 Å². The van der Waals surface area contributed by atoms with Gasteiger partial charge >= 0.3 is 6.09 Å². The fourth-order valence-electron chi connectivity index (χ4n) is 3.45. The molecule has 2 aromatic rings. The van der Waals surface area contributed by atoms with Crippen LogP contribution in [0.15, 0.2) is 30.3 Å². The van der Waals surface area contributed by atoms with Crippen molar-refractivity contribution in [2.75, 3.05) is 11.4 Å². The van der Waals surface area contributed by atoms with Gasteiger partial charge in [0, 0.05) is 12.5 Å². The largest absolute Gasteiger partial charge is 0.443 e. The van der Waals surface area contributed by atoms with Crippen LogP contribution in [0.5, 0.6) is 0 Å². The summed E-state index contributed by atoms with van der Waals surface area (Å²) in [6.07, 6.45) is 0.767. The molecule has 1 aliphatic heterocycles. The minimum absolute atomic E-state index is 0.246. The van der Waals surface area contributed by atoms with Crippen LogP contribution in [0.4, 0.5) is 10.5 Å². The third-order valence-electron chi connectivity index (χ3n) is 4.48. The highest BCUT2D eigenvalue weighted by molar-refractivity contribution is 6.00. The van der Waals surface area contributed by atoms with Gasteiger partial charge < -0.3 is 4.74 Å². The topological polar surface area (TPSA) is 29.5 Å². The Morgan fingerprint density at radius 2 is 1.91 bits per heavy atom. The second kappa shape index (κ2) is 5.55. The third kappa shape index (κ3) is 2.80. The van der Waals surface area contributed by atoms with Crippen LogP contribution in [0.2, 0.25) is 0 Å². The quantitative estimate of drug-likeness (QED) is 0.706. The lowest BCUT2D eigenvalue weighted by Crippen LogP contribution is -2.36. The molecule has 1 amide bonds. The van der Waals surface area contributed by atoms with Crippen molar-refractivity contribution < 1.29 is 9.53 Å². The van der Waals surface area contributed by atoms with Crippen LogP contribution in [0.1, 0.15) is 51.2 Å². The van der Waals surface area contributed by atoms with Crippen LogP contribution in [0.25, 0.3) is 10.8 Å². The lowest BCUT2D eigenvalue weighted by Gasteiger charge is -2.25. The van der Waals surface area contributed by atoms with E-state index in [0.717, 1.165) is 12.1 Å². The van der Waals surface area contributed by atoms with Crippen molar-refractivity contribution >= 4 is 22.6 Å². The molecule has 0 bridgehead atoms. The summed E-state index contributed by atoms with van der Waals surface area (Å²) < 4.78 is 5.61. The number of carbonyl (C=O) groups excluding carboxylic acids is 1. The summed E-state index contributed by atoms with van der Waals surface area (Å²) >= 11 is 0. The van der Waals surface area contributed by atoms with E-state index in [1.54, 1.807) is 0 Å². The molecular weight excluding hydrogens is 286 g/mol. The van der Waals surface area contributed by atoms with E-state index in [0.29, 0.717) is 12.5 Å². The monoisotopic (exact) mass is 311 g/mol. The summed E-state index contributed by atoms with van der Waals surface area (Å²) in [7, 11) is 0. The van der Waals surface area contributed by atoms with Crippen LogP contribution in [0.3, 0.4) is 0 Å². The number of aryl methyl sites for hydroxylation is 1. The Labute approximate surface area is 138 Å². The SMILES string of the molecule is CC[C@@H]1CN(C(=O)OC(C)(C)C)c2cc(C)c3ccccc3c21. The second-order valence-electron chi connectivity index (χ2n) is 7.37. The van der Waals surface area contributed by atoms with E-state index in [1.807, 2.05) is 25.7 Å². The summed E-state index contributed by atoms with van der Waals surface area (Å²) in [5, 5.41) is 2.54. The highest BCUT2D eigenvalue weighted by Crippen LogP contribution is 2.44. The Kier molecular flexibility index (Phi) is 3.83. The minimum atomic E-state index is -0.479. The van der Waals surface area contributed by atoms with Gasteiger partial charge in [0.15, 0.2) is 0 Å². The number of amides is 1. The van der Waals surface area contributed by atoms with Gasteiger partial charge in [0.2, 0.25) is 0 Å². The van der Waals surface area contributed by atoms with Gasteiger partial charge in [-0.3, -0.25) is 4.90 Å². The molecule has 3 rings (SSSR count). The second-order valence-corrected chi connectivity index (χ2v) is 7.37. The summed E-state index contributed by atoms with van der Waals surface area (Å²) in [6, 6.07) is 10.6. The number of fused-ring (bicyclic) bond motifs is 3. The number of anilines is 1. The van der Waals surface area contributed by atoms with E-state index in [4.69, 9.17) is 4.74 Å². The zero-order valence-electron chi connectivity index (χ0n) is 14.6. The van der Waals surface area contributed by atoms with Gasteiger partial charge in [-0.1, -0.05) is 31.2 Å². The molecule has 1 aliphatic rings. The van der Waals surface area contributed by atoms with Gasteiger partial charge in [-0.25, -0.2) is 4.79 Å². The van der Waals surface area contributed by atoms with Gasteiger partial charge in [0.25, 0.3) is 0 Å². The number of nitrogens with zero attached hydrogens (tertiary/aromatic N) is 1. The smallest absolute Gasteiger partial charge is 0.414 e. The molecule has 0 radical (unpaired) electrons. The molecule has 1 atom stereocenters. The standard InChI is InChI=1S/C20H25NO2/c1-6-14-12-21(19(22)23-20(3,4)5)17-11-13(2)15-9-7-8-10-16(15)18(14)17/h7-11,14H,6,12H2,1-5H3/t14-/m1/s1. The van der Waals surface area contributed by atoms with Gasteiger partial charge in [-0.05, 0) is 62.1 Å². The molecule has 0 N–H and O–H groups in total. The third-order valence-corrected chi connectivity index (χ3v) is 4.48. The average molecular weight is 311 g/mol. The lowest BCUT2D eigenvalue weighted by atomic mass is 9.91. The van der Waals surface area contributed by atoms with Gasteiger partial charge in [0.1, 0.15) is 5.60 Å². The highest BCUT2D eigenvalue weighted by atomic mass is 16.6. The van der Waals surface area contributed by atoms with Crippen molar-refractivity contribution in [3.63, 3.8) is 0 Å². The maximum Gasteiger partial charge on any atom is 0.414 e. The predicted octanol–water partition coefficient (Wildman–Crippen LogP) is 5.40. The van der Waals surface area contributed by atoms with Crippen molar-refractivity contribution in [3.05, 3.63) is 41.5 Å². The first-order chi connectivity index (χ1) is 10.8. The van der Waals surface area contributed by atoms with Crippen LogP contribution in [-0.4, -0.2) is 18.2 Å². The van der Waals surface area contributed by atoms with E-state index < -0.39 is 5.60 Å². The maximum absolute atomic E-state index is 12.6. The molecule has 0 spiro atoms. The molecule has 0 unspecified atom stereocenters. The minimum Gasteiger partial charge on any atom is -0.443 e. The van der Waals surface area contributed by atoms with E-state index in [-0.39, 0.29) is 6.09 Å². The number of hydrogen-bond donors (Lipinski definition) is 0. The molecule has 0 aromatic heterocycles. The summed E-state index contributed by atoms with van der Waals surface area (Å²) in [5.74, 6) is 0.364. The van der Waals surface area contributed by atoms with Crippen molar-refractivity contribution in [1.29, 1.82) is 0 Å². The van der Waals surface area contributed by atoms with Crippen LogP contribution in [0, 0.1) is 6.92 Å². The van der Waals surface area contributed by atoms with Crippen LogP contribution in [-0.2, 0) is 4.74 Å². The Morgan fingerprint density at radius 3 is 2.52 bits per heavy atom. The Balaban J connectivity index is 2.13. The molecule has 122 valence electrons. The van der Waals surface area contributed by atoms with E-state index in [2.05, 4.69) is 44.2 Å². The zero-order chi connectivity index (χ0) is 16.8. The summed E-state index contributed by atoms with van der Waals surface area (Å²) in [6.45, 7) is 10.7. The first-order valence-electron chi connectivity index (χ1n) is 8.34.